The van der Waals surface area contributed by atoms with E-state index in [1.165, 1.54) is 51.4 Å². The highest BCUT2D eigenvalue weighted by Gasteiger charge is 2.84. The summed E-state index contributed by atoms with van der Waals surface area (Å²) in [5.41, 5.74) is 0.578. The van der Waals surface area contributed by atoms with Crippen LogP contribution in [0.25, 0.3) is 0 Å². The molecule has 43 heavy (non-hydrogen) atoms. The molecule has 8 fully saturated rings. The largest absolute Gasteiger partial charge is 0.394 e. The summed E-state index contributed by atoms with van der Waals surface area (Å²) < 4.78 is 19.4. The zero-order valence-corrected chi connectivity index (χ0v) is 27.4. The van der Waals surface area contributed by atoms with Gasteiger partial charge in [0.05, 0.1) is 44.2 Å². The van der Waals surface area contributed by atoms with Crippen molar-refractivity contribution in [2.24, 2.45) is 56.7 Å². The predicted octanol–water partition coefficient (Wildman–Crippen LogP) is 5.16. The lowest BCUT2D eigenvalue weighted by molar-refractivity contribution is -0.248. The van der Waals surface area contributed by atoms with E-state index in [1.807, 2.05) is 4.90 Å². The Hall–Kier alpha value is -0.730. The summed E-state index contributed by atoms with van der Waals surface area (Å²) >= 11 is 0. The number of nitrogens with zero attached hydrogens (tertiary/aromatic N) is 1. The number of rotatable bonds is 5. The number of fused-ring (bicyclic) bond motifs is 4. The summed E-state index contributed by atoms with van der Waals surface area (Å²) in [4.78, 5) is 14.8. The van der Waals surface area contributed by atoms with Crippen molar-refractivity contribution in [3.8, 4) is 0 Å². The average molecular weight is 600 g/mol. The number of aliphatic hydroxyl groups is 2. The van der Waals surface area contributed by atoms with Crippen molar-refractivity contribution in [1.82, 2.24) is 4.90 Å². The molecule has 2 heterocycles. The maximum absolute atomic E-state index is 12.8. The molecule has 8 rings (SSSR count). The molecule has 4 unspecified atom stereocenters. The van der Waals surface area contributed by atoms with Crippen LogP contribution in [0.5, 0.6) is 0 Å². The molecule has 0 bridgehead atoms. The molecule has 0 aromatic carbocycles. The zero-order chi connectivity index (χ0) is 30.2. The fourth-order valence-electron chi connectivity index (χ4n) is 13.6. The number of carbonyl (C=O) groups excluding carboxylic acids is 1. The molecule has 2 aliphatic heterocycles. The molecule has 1 amide bonds. The van der Waals surface area contributed by atoms with Gasteiger partial charge in [-0.3, -0.25) is 4.79 Å². The van der Waals surface area contributed by atoms with E-state index in [0.29, 0.717) is 66.5 Å². The average Bonchev–Trinajstić information content (AvgIpc) is 3.90. The van der Waals surface area contributed by atoms with E-state index in [-0.39, 0.29) is 53.4 Å². The second kappa shape index (κ2) is 9.65. The second-order valence-corrected chi connectivity index (χ2v) is 17.7. The highest BCUT2D eigenvalue weighted by atomic mass is 16.7. The van der Waals surface area contributed by atoms with Crippen LogP contribution in [0.3, 0.4) is 0 Å². The van der Waals surface area contributed by atoms with Crippen molar-refractivity contribution in [2.75, 3.05) is 26.3 Å². The van der Waals surface area contributed by atoms with E-state index in [4.69, 9.17) is 14.2 Å². The summed E-state index contributed by atoms with van der Waals surface area (Å²) in [6.45, 7) is 14.0. The minimum atomic E-state index is -0.475. The van der Waals surface area contributed by atoms with E-state index in [2.05, 4.69) is 34.6 Å². The Labute approximate surface area is 258 Å². The summed E-state index contributed by atoms with van der Waals surface area (Å²) in [7, 11) is 0. The van der Waals surface area contributed by atoms with Gasteiger partial charge >= 0.3 is 0 Å². The van der Waals surface area contributed by atoms with Crippen LogP contribution < -0.4 is 0 Å². The molecule has 13 atom stereocenters. The number of hydrogen-bond acceptors (Lipinski definition) is 6. The number of ether oxygens (including phenoxy) is 3. The monoisotopic (exact) mass is 599 g/mol. The zero-order valence-electron chi connectivity index (χ0n) is 27.4. The molecular weight excluding hydrogens is 542 g/mol. The highest BCUT2D eigenvalue weighted by Crippen LogP contribution is 2.89. The fraction of sp³-hybridized carbons (Fsp3) is 0.972. The summed E-state index contributed by atoms with van der Waals surface area (Å²) in [5.74, 6) is 2.80. The van der Waals surface area contributed by atoms with E-state index in [1.54, 1.807) is 0 Å². The van der Waals surface area contributed by atoms with Crippen LogP contribution in [-0.4, -0.2) is 78.0 Å². The SMILES string of the molecule is C[C@@H]1CC(CO)OC2[C@H]1[C@@]1(C)CC[C@@]34C[C@@]35CCC(O[C@H]3CN(C(=O)CC6CC6)CCO3)C(C)(C)[C@@H]5CCC4[C@]1(C)[C@H]2O. The van der Waals surface area contributed by atoms with Crippen LogP contribution >= 0.6 is 0 Å². The van der Waals surface area contributed by atoms with Crippen molar-refractivity contribution in [3.05, 3.63) is 0 Å². The van der Waals surface area contributed by atoms with Crippen LogP contribution in [0.1, 0.15) is 105 Å². The Kier molecular flexibility index (Phi) is 6.66. The first-order valence-electron chi connectivity index (χ1n) is 17.9. The van der Waals surface area contributed by atoms with E-state index in [9.17, 15) is 15.0 Å². The smallest absolute Gasteiger partial charge is 0.223 e. The maximum atomic E-state index is 12.8. The van der Waals surface area contributed by atoms with Crippen molar-refractivity contribution in [1.29, 1.82) is 0 Å². The summed E-state index contributed by atoms with van der Waals surface area (Å²) in [6.07, 6.45) is 11.4. The topological polar surface area (TPSA) is 88.5 Å². The number of morpholine rings is 1. The second-order valence-electron chi connectivity index (χ2n) is 17.7. The van der Waals surface area contributed by atoms with Crippen LogP contribution in [-0.2, 0) is 19.0 Å². The van der Waals surface area contributed by atoms with Gasteiger partial charge in [0.15, 0.2) is 6.29 Å². The van der Waals surface area contributed by atoms with E-state index >= 15 is 0 Å². The Balaban J connectivity index is 1.01. The molecule has 6 aliphatic carbocycles. The van der Waals surface area contributed by atoms with E-state index in [0.717, 1.165) is 12.8 Å². The van der Waals surface area contributed by atoms with Crippen molar-refractivity contribution in [3.63, 3.8) is 0 Å². The van der Waals surface area contributed by atoms with Gasteiger partial charge in [-0.15, -0.1) is 0 Å². The lowest BCUT2D eigenvalue weighted by Crippen LogP contribution is -2.60. The van der Waals surface area contributed by atoms with Crippen molar-refractivity contribution in [2.45, 2.75) is 136 Å². The first kappa shape index (κ1) is 29.7. The predicted molar refractivity (Wildman–Crippen MR) is 162 cm³/mol. The maximum Gasteiger partial charge on any atom is 0.223 e. The van der Waals surface area contributed by atoms with Gasteiger partial charge in [0.1, 0.15) is 0 Å². The molecule has 8 aliphatic rings. The van der Waals surface area contributed by atoms with Gasteiger partial charge in [0.25, 0.3) is 0 Å². The van der Waals surface area contributed by atoms with Crippen molar-refractivity contribution < 1.29 is 29.2 Å². The quantitative estimate of drug-likeness (QED) is 0.454. The van der Waals surface area contributed by atoms with Gasteiger partial charge in [-0.25, -0.2) is 0 Å². The third-order valence-corrected chi connectivity index (χ3v) is 15.9. The Bertz CT molecular complexity index is 1140. The Morgan fingerprint density at radius 1 is 1.00 bits per heavy atom. The van der Waals surface area contributed by atoms with Gasteiger partial charge < -0.3 is 29.3 Å². The minimum absolute atomic E-state index is 0.0340. The van der Waals surface area contributed by atoms with Gasteiger partial charge in [-0.2, -0.15) is 0 Å². The third-order valence-electron chi connectivity index (χ3n) is 15.9. The van der Waals surface area contributed by atoms with Crippen molar-refractivity contribution >= 4 is 5.91 Å². The van der Waals surface area contributed by atoms with Crippen LogP contribution in [0.4, 0.5) is 0 Å². The number of aliphatic hydroxyl groups excluding tert-OH is 2. The molecule has 0 radical (unpaired) electrons. The van der Waals surface area contributed by atoms with Gasteiger partial charge in [0, 0.05) is 18.4 Å². The highest BCUT2D eigenvalue weighted by molar-refractivity contribution is 5.76. The van der Waals surface area contributed by atoms with Gasteiger partial charge in [0.2, 0.25) is 5.91 Å². The van der Waals surface area contributed by atoms with Gasteiger partial charge in [-0.05, 0) is 115 Å². The lowest BCUT2D eigenvalue weighted by atomic mass is 9.41. The molecule has 0 aromatic heterocycles. The molecule has 242 valence electrons. The normalized spacial score (nSPS) is 55.0. The van der Waals surface area contributed by atoms with Crippen LogP contribution in [0, 0.1) is 56.7 Å². The summed E-state index contributed by atoms with van der Waals surface area (Å²) in [6, 6.07) is 0. The fourth-order valence-corrected chi connectivity index (χ4v) is 13.6. The Morgan fingerprint density at radius 3 is 2.49 bits per heavy atom. The summed E-state index contributed by atoms with van der Waals surface area (Å²) in [5, 5.41) is 22.2. The molecule has 7 heteroatoms. The molecular formula is C36H57NO6. The number of amides is 1. The first-order chi connectivity index (χ1) is 20.4. The third kappa shape index (κ3) is 3.87. The number of carbonyl (C=O) groups is 1. The molecule has 0 aromatic rings. The molecule has 2 spiro atoms. The minimum Gasteiger partial charge on any atom is -0.394 e. The van der Waals surface area contributed by atoms with Crippen LogP contribution in [0.15, 0.2) is 0 Å². The molecule has 2 saturated heterocycles. The molecule has 6 saturated carbocycles. The van der Waals surface area contributed by atoms with Crippen LogP contribution in [0.2, 0.25) is 0 Å². The van der Waals surface area contributed by atoms with Gasteiger partial charge in [-0.1, -0.05) is 34.6 Å². The lowest BCUT2D eigenvalue weighted by Gasteiger charge is -2.64. The number of hydrogen-bond donors (Lipinski definition) is 2. The first-order valence-corrected chi connectivity index (χ1v) is 17.9. The van der Waals surface area contributed by atoms with E-state index < -0.39 is 6.10 Å². The molecule has 2 N–H and O–H groups in total. The standard InChI is InChI=1S/C36H57NO6/c1-21-16-23(19-38)42-30-29(21)33(4)12-13-36-20-35(36)11-10-26(32(2,3)24(35)8-9-25(36)34(33,5)31(30)40)43-28-18-37(14-15-41-28)27(39)17-22-6-7-22/h21-26,28-31,38,40H,6-20H2,1-5H3/t21-,23?,24+,25?,26?,28+,29+,30?,31+,33-,34-,35-,36+/m1/s1. The molecule has 7 nitrogen and oxygen atoms in total. The Morgan fingerprint density at radius 2 is 1.74 bits per heavy atom.